The number of carbonyl (C=O) groups is 1. The average Bonchev–Trinajstić information content (AvgIpc) is 3.56. The molecule has 278 valence electrons. The molecule has 1 saturated carbocycles. The van der Waals surface area contributed by atoms with Gasteiger partial charge >= 0.3 is 0 Å². The Balaban J connectivity index is 1.17. The lowest BCUT2D eigenvalue weighted by Crippen LogP contribution is -2.60. The molecule has 2 aliphatic rings. The van der Waals surface area contributed by atoms with Gasteiger partial charge in [-0.15, -0.1) is 11.3 Å². The Morgan fingerprint density at radius 1 is 1.17 bits per heavy atom. The first-order chi connectivity index (χ1) is 25.6. The quantitative estimate of drug-likeness (QED) is 0.214. The molecule has 0 atom stereocenters. The third-order valence-electron chi connectivity index (χ3n) is 9.92. The first-order valence-corrected chi connectivity index (χ1v) is 20.1. The Morgan fingerprint density at radius 3 is 2.59 bits per heavy atom. The Kier molecular flexibility index (Phi) is 9.91. The number of anilines is 1. The maximum atomic E-state index is 14.1. The molecule has 4 aromatic heterocycles. The molecular formula is C37H33ClF2N8O4S2. The van der Waals surface area contributed by atoms with Gasteiger partial charge in [-0.05, 0) is 56.9 Å². The molecule has 5 heterocycles. The van der Waals surface area contributed by atoms with Crippen LogP contribution >= 0.6 is 22.9 Å². The summed E-state index contributed by atoms with van der Waals surface area (Å²) in [6, 6.07) is 9.22. The fraction of sp³-hybridized carbons (Fsp3) is 0.351. The van der Waals surface area contributed by atoms with Gasteiger partial charge in [0.05, 0.1) is 58.8 Å². The molecule has 1 aliphatic heterocycles. The van der Waals surface area contributed by atoms with E-state index in [2.05, 4.69) is 32.9 Å². The molecule has 1 N–H and O–H groups in total. The molecule has 1 aromatic carbocycles. The molecule has 5 aromatic rings. The first kappa shape index (κ1) is 37.3. The lowest BCUT2D eigenvalue weighted by atomic mass is 9.87. The molecular weight excluding hydrogens is 758 g/mol. The minimum Gasteiger partial charge on any atom is -0.356 e. The monoisotopic (exact) mass is 790 g/mol. The van der Waals surface area contributed by atoms with Crippen LogP contribution < -0.4 is 15.2 Å². The van der Waals surface area contributed by atoms with Gasteiger partial charge in [0, 0.05) is 52.4 Å². The van der Waals surface area contributed by atoms with E-state index < -0.39 is 27.4 Å². The van der Waals surface area contributed by atoms with Crippen LogP contribution in [0.2, 0.25) is 5.02 Å². The number of likely N-dealkylation sites (tertiary alicyclic amines) is 1. The number of nitrogens with one attached hydrogen (secondary N) is 1. The van der Waals surface area contributed by atoms with E-state index in [-0.39, 0.29) is 48.2 Å². The van der Waals surface area contributed by atoms with Crippen molar-refractivity contribution in [3.63, 3.8) is 0 Å². The number of fused-ring (bicyclic) bond motifs is 2. The summed E-state index contributed by atoms with van der Waals surface area (Å²) in [5.74, 6) is 3.56. The lowest BCUT2D eigenvalue weighted by Gasteiger charge is -2.47. The highest BCUT2D eigenvalue weighted by Gasteiger charge is 2.47. The number of amides is 1. The maximum absolute atomic E-state index is 14.1. The second kappa shape index (κ2) is 14.3. The smallest absolute Gasteiger partial charge is 0.272 e. The van der Waals surface area contributed by atoms with Gasteiger partial charge in [-0.2, -0.15) is 5.26 Å². The molecule has 0 spiro atoms. The fourth-order valence-corrected chi connectivity index (χ4v) is 8.90. The molecule has 0 bridgehead atoms. The van der Waals surface area contributed by atoms with Crippen LogP contribution in [0, 0.1) is 30.1 Å². The summed E-state index contributed by atoms with van der Waals surface area (Å²) >= 11 is 7.64. The normalized spacial score (nSPS) is 18.4. The number of aryl methyl sites for hydroxylation is 1. The van der Waals surface area contributed by atoms with Crippen LogP contribution in [0.4, 0.5) is 14.6 Å². The number of sulfonamides is 1. The highest BCUT2D eigenvalue weighted by atomic mass is 35.5. The number of thiophene rings is 1. The van der Waals surface area contributed by atoms with Crippen molar-refractivity contribution in [3.8, 4) is 29.0 Å². The first-order valence-electron chi connectivity index (χ1n) is 17.0. The van der Waals surface area contributed by atoms with Crippen molar-refractivity contribution in [2.45, 2.75) is 57.2 Å². The summed E-state index contributed by atoms with van der Waals surface area (Å²) in [6.07, 6.45) is 6.89. The SMILES string of the molecule is Cc1nc2cnc(N(C)[C@H]3CC[C@H](N4CC(F)(F)C4)CC3)c(C#N)c2c(=O)n1CC#Cc1ccc(Cl)cc1-c1ccnc2c(C(=O)NS(C)(=O)=O)csc12. The van der Waals surface area contributed by atoms with Gasteiger partial charge in [0.2, 0.25) is 10.0 Å². The number of nitrogens with zero attached hydrogens (tertiary/aromatic N) is 7. The molecule has 54 heavy (non-hydrogen) atoms. The molecule has 7 rings (SSSR count). The highest BCUT2D eigenvalue weighted by Crippen LogP contribution is 2.38. The van der Waals surface area contributed by atoms with Crippen LogP contribution in [0.1, 0.15) is 53.0 Å². The molecule has 1 aliphatic carbocycles. The minimum atomic E-state index is -3.79. The maximum Gasteiger partial charge on any atom is 0.272 e. The zero-order valence-electron chi connectivity index (χ0n) is 29.4. The highest BCUT2D eigenvalue weighted by molar-refractivity contribution is 7.89. The van der Waals surface area contributed by atoms with Crippen LogP contribution in [0.15, 0.2) is 46.8 Å². The van der Waals surface area contributed by atoms with E-state index in [9.17, 15) is 32.0 Å². The van der Waals surface area contributed by atoms with Crippen LogP contribution in [-0.4, -0.2) is 83.1 Å². The number of pyridine rings is 2. The summed E-state index contributed by atoms with van der Waals surface area (Å²) in [5.41, 5.74) is 2.29. The van der Waals surface area contributed by atoms with E-state index >= 15 is 0 Å². The number of rotatable bonds is 7. The predicted octanol–water partition coefficient (Wildman–Crippen LogP) is 5.34. The van der Waals surface area contributed by atoms with E-state index in [1.165, 1.54) is 33.7 Å². The van der Waals surface area contributed by atoms with Crippen molar-refractivity contribution in [1.82, 2.24) is 29.1 Å². The predicted molar refractivity (Wildman–Crippen MR) is 203 cm³/mol. The Bertz CT molecular complexity index is 2610. The third kappa shape index (κ3) is 7.27. The zero-order chi connectivity index (χ0) is 38.5. The molecule has 1 amide bonds. The van der Waals surface area contributed by atoms with E-state index in [0.717, 1.165) is 31.9 Å². The summed E-state index contributed by atoms with van der Waals surface area (Å²) in [4.78, 5) is 44.0. The average molecular weight is 791 g/mol. The number of benzene rings is 1. The van der Waals surface area contributed by atoms with Crippen LogP contribution in [0.3, 0.4) is 0 Å². The number of hydrogen-bond donors (Lipinski definition) is 1. The summed E-state index contributed by atoms with van der Waals surface area (Å²) in [7, 11) is -1.95. The second-order valence-corrected chi connectivity index (χ2v) is 16.7. The molecule has 1 saturated heterocycles. The van der Waals surface area contributed by atoms with Gasteiger partial charge in [0.1, 0.15) is 23.3 Å². The van der Waals surface area contributed by atoms with Gasteiger partial charge in [0.15, 0.2) is 0 Å². The van der Waals surface area contributed by atoms with Crippen molar-refractivity contribution in [1.29, 1.82) is 5.26 Å². The molecule has 17 heteroatoms. The topological polar surface area (TPSA) is 154 Å². The number of aromatic nitrogens is 4. The Labute approximate surface area is 318 Å². The van der Waals surface area contributed by atoms with E-state index in [4.69, 9.17) is 11.6 Å². The van der Waals surface area contributed by atoms with Gasteiger partial charge < -0.3 is 4.90 Å². The summed E-state index contributed by atoms with van der Waals surface area (Å²) in [5, 5.41) is 12.4. The van der Waals surface area contributed by atoms with Gasteiger partial charge in [0.25, 0.3) is 17.4 Å². The number of halogens is 3. The van der Waals surface area contributed by atoms with Crippen LogP contribution in [0.5, 0.6) is 0 Å². The van der Waals surface area contributed by atoms with Crippen LogP contribution in [0.25, 0.3) is 32.2 Å². The molecule has 0 unspecified atom stereocenters. The number of carbonyl (C=O) groups excluding carboxylic acids is 1. The van der Waals surface area contributed by atoms with Gasteiger partial charge in [-0.25, -0.2) is 31.9 Å². The van der Waals surface area contributed by atoms with Crippen molar-refractivity contribution in [2.75, 3.05) is 31.3 Å². The zero-order valence-corrected chi connectivity index (χ0v) is 31.7. The second-order valence-electron chi connectivity index (χ2n) is 13.6. The standard InChI is InChI=1S/C37H33ClF2N8O4S2/c1-21-44-30-17-43-34(46(2)24-8-10-25(11-9-24)47-19-37(39,40)20-47)28(16-41)31(30)36(50)48(21)14-4-5-22-6-7-23(38)15-27(22)26-12-13-42-32-29(18-53-33(26)32)35(49)45-54(3,51)52/h6-7,12-13,15,17-18,24-25H,8-11,14,19-20H2,1-3H3,(H,45,49)/t24-,25-. The van der Waals surface area contributed by atoms with Crippen molar-refractivity contribution < 1.29 is 22.0 Å². The number of nitriles is 1. The van der Waals surface area contributed by atoms with E-state index in [1.807, 2.05) is 21.6 Å². The van der Waals surface area contributed by atoms with Crippen molar-refractivity contribution >= 4 is 65.8 Å². The summed E-state index contributed by atoms with van der Waals surface area (Å²) in [6.45, 7) is 1.23. The molecule has 12 nitrogen and oxygen atoms in total. The van der Waals surface area contributed by atoms with Crippen molar-refractivity contribution in [2.24, 2.45) is 0 Å². The number of alkyl halides is 2. The van der Waals surface area contributed by atoms with Gasteiger partial charge in [-0.1, -0.05) is 23.4 Å². The molecule has 2 fully saturated rings. The van der Waals surface area contributed by atoms with Crippen LogP contribution in [-0.2, 0) is 16.6 Å². The number of hydrogen-bond acceptors (Lipinski definition) is 11. The van der Waals surface area contributed by atoms with E-state index in [0.29, 0.717) is 49.1 Å². The lowest BCUT2D eigenvalue weighted by molar-refractivity contribution is -0.149. The summed E-state index contributed by atoms with van der Waals surface area (Å²) < 4.78 is 54.3. The Hall–Kier alpha value is -5.00. The van der Waals surface area contributed by atoms with Gasteiger partial charge in [-0.3, -0.25) is 24.0 Å². The minimum absolute atomic E-state index is 0.0206. The van der Waals surface area contributed by atoms with Crippen molar-refractivity contribution in [3.05, 3.63) is 79.9 Å². The van der Waals surface area contributed by atoms with E-state index in [1.54, 1.807) is 31.2 Å². The molecule has 0 radical (unpaired) electrons. The third-order valence-corrected chi connectivity index (χ3v) is 11.7. The fourth-order valence-electron chi connectivity index (χ4n) is 7.25. The largest absolute Gasteiger partial charge is 0.356 e. The Morgan fingerprint density at radius 2 is 1.91 bits per heavy atom.